The van der Waals surface area contributed by atoms with Crippen molar-refractivity contribution in [1.82, 2.24) is 0 Å². The van der Waals surface area contributed by atoms with E-state index >= 15 is 0 Å². The molecule has 2 radical (unpaired) electrons. The first-order valence-electron chi connectivity index (χ1n) is 0.642. The molecule has 0 fully saturated rings. The Kier molecular flexibility index (Phi) is 139. The monoisotopic (exact) mass is 166 g/mol. The topological polar surface area (TPSA) is 0 Å². The van der Waals surface area contributed by atoms with E-state index in [9.17, 15) is 0 Å². The molecule has 26 valence electrons. The Morgan fingerprint density at radius 1 is 1.50 bits per heavy atom. The van der Waals surface area contributed by atoms with Crippen LogP contribution in [0.15, 0.2) is 0 Å². The maximum atomic E-state index is 4.49. The van der Waals surface area contributed by atoms with Crippen molar-refractivity contribution >= 4 is 46.1 Å². The SMILES string of the molecule is C#C[CH2-].[Br-].[Mg+2].[Mg]. The van der Waals surface area contributed by atoms with Crippen LogP contribution in [0, 0.1) is 19.3 Å². The first kappa shape index (κ1) is 26.1. The summed E-state index contributed by atoms with van der Waals surface area (Å²) >= 11 is 0. The van der Waals surface area contributed by atoms with E-state index in [0.29, 0.717) is 0 Å². The Hall–Kier alpha value is 1.44. The van der Waals surface area contributed by atoms with Crippen molar-refractivity contribution in [2.45, 2.75) is 0 Å². The zero-order valence-corrected chi connectivity index (χ0v) is 7.99. The van der Waals surface area contributed by atoms with Gasteiger partial charge in [-0.05, 0) is 0 Å². The van der Waals surface area contributed by atoms with Gasteiger partial charge < -0.3 is 29.3 Å². The normalized spacial score (nSPS) is 1.17. The Morgan fingerprint density at radius 3 is 1.50 bits per heavy atom. The molecule has 3 heteroatoms. The molecule has 0 saturated heterocycles. The van der Waals surface area contributed by atoms with E-state index in [1.54, 1.807) is 0 Å². The van der Waals surface area contributed by atoms with Crippen molar-refractivity contribution in [2.24, 2.45) is 0 Å². The fraction of sp³-hybridized carbons (Fsp3) is 0. The van der Waals surface area contributed by atoms with E-state index in [1.165, 1.54) is 0 Å². The molecule has 0 aliphatic carbocycles. The van der Waals surface area contributed by atoms with E-state index in [-0.39, 0.29) is 63.1 Å². The number of hydrogen-bond acceptors (Lipinski definition) is 0. The summed E-state index contributed by atoms with van der Waals surface area (Å²) in [5.41, 5.74) is 0. The number of halogens is 1. The van der Waals surface area contributed by atoms with E-state index in [0.717, 1.165) is 0 Å². The molecule has 0 rings (SSSR count). The van der Waals surface area contributed by atoms with Gasteiger partial charge >= 0.3 is 23.1 Å². The molecule has 0 aliphatic heterocycles. The molecule has 0 unspecified atom stereocenters. The minimum absolute atomic E-state index is 0. The predicted molar refractivity (Wildman–Crippen MR) is 25.7 cm³/mol. The van der Waals surface area contributed by atoms with Crippen molar-refractivity contribution in [3.8, 4) is 12.3 Å². The van der Waals surface area contributed by atoms with Gasteiger partial charge in [0.1, 0.15) is 0 Å². The van der Waals surface area contributed by atoms with Gasteiger partial charge in [-0.25, -0.2) is 0 Å². The van der Waals surface area contributed by atoms with Gasteiger partial charge in [0.05, 0.1) is 0 Å². The van der Waals surface area contributed by atoms with E-state index in [4.69, 9.17) is 0 Å². The van der Waals surface area contributed by atoms with Gasteiger partial charge in [-0.1, -0.05) is 0 Å². The minimum Gasteiger partial charge on any atom is -1.00 e. The quantitative estimate of drug-likeness (QED) is 0.202. The largest absolute Gasteiger partial charge is 2.00 e. The van der Waals surface area contributed by atoms with Gasteiger partial charge in [0, 0.05) is 23.1 Å². The van der Waals surface area contributed by atoms with Gasteiger partial charge in [-0.15, -0.1) is 0 Å². The summed E-state index contributed by atoms with van der Waals surface area (Å²) in [6.45, 7) is 3.01. The average Bonchev–Trinajstić information content (AvgIpc) is 0.918. The smallest absolute Gasteiger partial charge is 1.00 e. The first-order valence-corrected chi connectivity index (χ1v) is 0.642. The van der Waals surface area contributed by atoms with Gasteiger partial charge in [0.25, 0.3) is 0 Å². The van der Waals surface area contributed by atoms with Crippen LogP contribution in [0.25, 0.3) is 0 Å². The molecule has 0 nitrogen and oxygen atoms in total. The van der Waals surface area contributed by atoms with Crippen molar-refractivity contribution in [3.05, 3.63) is 6.92 Å². The second-order valence-electron chi connectivity index (χ2n) is 0.204. The predicted octanol–water partition coefficient (Wildman–Crippen LogP) is -3.30. The fourth-order valence-corrected chi connectivity index (χ4v) is 0. The molecule has 6 heavy (non-hydrogen) atoms. The number of rotatable bonds is 0. The van der Waals surface area contributed by atoms with E-state index in [1.807, 2.05) is 5.92 Å². The van der Waals surface area contributed by atoms with Crippen LogP contribution in [-0.2, 0) is 0 Å². The summed E-state index contributed by atoms with van der Waals surface area (Å²) in [6, 6.07) is 0. The molecule has 0 saturated carbocycles. The van der Waals surface area contributed by atoms with Crippen molar-refractivity contribution in [2.75, 3.05) is 0 Å². The second-order valence-corrected chi connectivity index (χ2v) is 0.204. The molecule has 0 aromatic rings. The summed E-state index contributed by atoms with van der Waals surface area (Å²) in [6.07, 6.45) is 4.49. The van der Waals surface area contributed by atoms with Crippen LogP contribution < -0.4 is 17.0 Å². The third-order valence-electron chi connectivity index (χ3n) is 0. The van der Waals surface area contributed by atoms with Crippen LogP contribution >= 0.6 is 0 Å². The summed E-state index contributed by atoms with van der Waals surface area (Å²) in [4.78, 5) is 0. The van der Waals surface area contributed by atoms with Crippen LogP contribution in [0.1, 0.15) is 0 Å². The maximum Gasteiger partial charge on any atom is 2.00 e. The van der Waals surface area contributed by atoms with Gasteiger partial charge in [-0.3, -0.25) is 0 Å². The van der Waals surface area contributed by atoms with E-state index in [2.05, 4.69) is 13.3 Å². The third kappa shape index (κ3) is 51.6. The Labute approximate surface area is 81.5 Å². The zero-order valence-electron chi connectivity index (χ0n) is 3.58. The van der Waals surface area contributed by atoms with Crippen LogP contribution in [-0.4, -0.2) is 46.1 Å². The zero-order chi connectivity index (χ0) is 2.71. The fourth-order valence-electron chi connectivity index (χ4n) is 0. The summed E-state index contributed by atoms with van der Waals surface area (Å²) in [5, 5.41) is 0. The molecule has 0 N–H and O–H groups in total. The molecule has 0 aromatic heterocycles. The van der Waals surface area contributed by atoms with Crippen molar-refractivity contribution in [3.63, 3.8) is 0 Å². The summed E-state index contributed by atoms with van der Waals surface area (Å²) < 4.78 is 0. The van der Waals surface area contributed by atoms with Crippen molar-refractivity contribution in [1.29, 1.82) is 0 Å². The molecule has 0 heterocycles. The Bertz CT molecular complexity index is 30.3. The van der Waals surface area contributed by atoms with Crippen LogP contribution in [0.2, 0.25) is 0 Å². The van der Waals surface area contributed by atoms with Gasteiger partial charge in [0.15, 0.2) is 0 Å². The third-order valence-corrected chi connectivity index (χ3v) is 0. The van der Waals surface area contributed by atoms with Crippen LogP contribution in [0.5, 0.6) is 0 Å². The number of terminal acetylenes is 1. The molecule has 0 aliphatic rings. The molecular formula is C3H3BrMg2. The standard InChI is InChI=1S/C3H3.BrH.2Mg/c1-3-2;;;/h1H,2H2;1H;;/q-1;;;+2/p-1. The van der Waals surface area contributed by atoms with Crippen molar-refractivity contribution < 1.29 is 17.0 Å². The molecule has 0 atom stereocenters. The van der Waals surface area contributed by atoms with Gasteiger partial charge in [-0.2, -0.15) is 6.92 Å². The van der Waals surface area contributed by atoms with Crippen LogP contribution in [0.4, 0.5) is 0 Å². The van der Waals surface area contributed by atoms with Gasteiger partial charge in [0.2, 0.25) is 0 Å². The molecule has 0 amide bonds. The minimum atomic E-state index is 0. The average molecular weight is 168 g/mol. The molecular weight excluding hydrogens is 165 g/mol. The molecule has 0 bridgehead atoms. The number of hydrogen-bond donors (Lipinski definition) is 0. The first-order chi connectivity index (χ1) is 1.41. The van der Waals surface area contributed by atoms with E-state index < -0.39 is 0 Å². The van der Waals surface area contributed by atoms with Crippen LogP contribution in [0.3, 0.4) is 0 Å². The molecule has 0 aromatic carbocycles. The second kappa shape index (κ2) is 32.0. The Balaban J connectivity index is -0.00000000667. The molecule has 0 spiro atoms. The summed E-state index contributed by atoms with van der Waals surface area (Å²) in [7, 11) is 0. The summed E-state index contributed by atoms with van der Waals surface area (Å²) in [5.74, 6) is 2.00. The maximum absolute atomic E-state index is 4.49. The Morgan fingerprint density at radius 2 is 1.50 bits per heavy atom.